The van der Waals surface area contributed by atoms with Gasteiger partial charge in [0.15, 0.2) is 0 Å². The van der Waals surface area contributed by atoms with Gasteiger partial charge in [-0.15, -0.1) is 0 Å². The van der Waals surface area contributed by atoms with E-state index in [1.165, 1.54) is 5.56 Å². The molecule has 0 saturated carbocycles. The van der Waals surface area contributed by atoms with Gasteiger partial charge < -0.3 is 9.47 Å². The molecule has 1 rings (SSSR count). The van der Waals surface area contributed by atoms with Crippen molar-refractivity contribution >= 4 is 0 Å². The molecule has 16 heavy (non-hydrogen) atoms. The molecule has 0 aliphatic heterocycles. The minimum Gasteiger partial charge on any atom is -0.379 e. The van der Waals surface area contributed by atoms with Crippen LogP contribution < -0.4 is 0 Å². The van der Waals surface area contributed by atoms with Gasteiger partial charge in [-0.25, -0.2) is 0 Å². The van der Waals surface area contributed by atoms with E-state index in [0.717, 1.165) is 19.6 Å². The van der Waals surface area contributed by atoms with Crippen LogP contribution in [0, 0.1) is 12.0 Å². The van der Waals surface area contributed by atoms with Crippen LogP contribution in [0.1, 0.15) is 19.4 Å². The van der Waals surface area contributed by atoms with Crippen molar-refractivity contribution in [3.05, 3.63) is 35.9 Å². The lowest BCUT2D eigenvalue weighted by molar-refractivity contribution is 0.0388. The summed E-state index contributed by atoms with van der Waals surface area (Å²) in [4.78, 5) is 0. The molecule has 0 heterocycles. The molecule has 1 aromatic carbocycles. The molecule has 0 fully saturated rings. The number of rotatable bonds is 8. The van der Waals surface area contributed by atoms with Gasteiger partial charge in [0.1, 0.15) is 0 Å². The summed E-state index contributed by atoms with van der Waals surface area (Å²) >= 11 is 0. The highest BCUT2D eigenvalue weighted by Gasteiger charge is 1.95. The van der Waals surface area contributed by atoms with Crippen molar-refractivity contribution < 1.29 is 9.47 Å². The summed E-state index contributed by atoms with van der Waals surface area (Å²) in [6.07, 6.45) is 0.957. The largest absolute Gasteiger partial charge is 0.379 e. The first-order valence-corrected chi connectivity index (χ1v) is 5.89. The molecule has 0 aromatic heterocycles. The van der Waals surface area contributed by atoms with Gasteiger partial charge >= 0.3 is 0 Å². The maximum Gasteiger partial charge on any atom is 0.0700 e. The van der Waals surface area contributed by atoms with E-state index in [2.05, 4.69) is 32.0 Å². The van der Waals surface area contributed by atoms with Gasteiger partial charge in [0, 0.05) is 6.61 Å². The summed E-state index contributed by atoms with van der Waals surface area (Å²) < 4.78 is 10.9. The fourth-order valence-corrected chi connectivity index (χ4v) is 1.32. The average molecular weight is 221 g/mol. The molecule has 0 aliphatic rings. The summed E-state index contributed by atoms with van der Waals surface area (Å²) in [7, 11) is 0. The third-order valence-electron chi connectivity index (χ3n) is 2.15. The summed E-state index contributed by atoms with van der Waals surface area (Å²) in [6.45, 7) is 7.25. The van der Waals surface area contributed by atoms with E-state index in [4.69, 9.17) is 9.47 Å². The van der Waals surface area contributed by atoms with Crippen molar-refractivity contribution in [1.29, 1.82) is 0 Å². The molecule has 0 atom stereocenters. The van der Waals surface area contributed by atoms with Crippen LogP contribution in [0.4, 0.5) is 0 Å². The van der Waals surface area contributed by atoms with Crippen molar-refractivity contribution in [2.45, 2.75) is 20.3 Å². The predicted octanol–water partition coefficient (Wildman–Crippen LogP) is 2.72. The minimum atomic E-state index is 0.598. The SMILES string of the molecule is CC(C)COCCOCCc1cc[c]cc1. The second kappa shape index (κ2) is 8.31. The summed E-state index contributed by atoms with van der Waals surface area (Å²) in [5.74, 6) is 0.598. The zero-order valence-corrected chi connectivity index (χ0v) is 10.2. The molecule has 1 aromatic rings. The Morgan fingerprint density at radius 1 is 1.06 bits per heavy atom. The van der Waals surface area contributed by atoms with E-state index >= 15 is 0 Å². The average Bonchev–Trinajstić information content (AvgIpc) is 2.29. The number of hydrogen-bond acceptors (Lipinski definition) is 2. The Kier molecular flexibility index (Phi) is 6.86. The monoisotopic (exact) mass is 221 g/mol. The molecular weight excluding hydrogens is 200 g/mol. The van der Waals surface area contributed by atoms with Gasteiger partial charge in [0.25, 0.3) is 0 Å². The van der Waals surface area contributed by atoms with Crippen molar-refractivity contribution in [2.75, 3.05) is 26.4 Å². The first kappa shape index (κ1) is 13.2. The lowest BCUT2D eigenvalue weighted by atomic mass is 10.2. The number of benzene rings is 1. The molecular formula is C14H21O2. The Morgan fingerprint density at radius 2 is 1.75 bits per heavy atom. The first-order valence-electron chi connectivity index (χ1n) is 5.89. The van der Waals surface area contributed by atoms with E-state index in [9.17, 15) is 0 Å². The molecule has 0 aliphatic carbocycles. The van der Waals surface area contributed by atoms with Gasteiger partial charge in [-0.1, -0.05) is 38.1 Å². The van der Waals surface area contributed by atoms with Gasteiger partial charge in [0.2, 0.25) is 0 Å². The van der Waals surface area contributed by atoms with Gasteiger partial charge in [-0.05, 0) is 24.0 Å². The lowest BCUT2D eigenvalue weighted by Gasteiger charge is -2.07. The van der Waals surface area contributed by atoms with Crippen LogP contribution in [0.5, 0.6) is 0 Å². The molecule has 0 spiro atoms. The van der Waals surface area contributed by atoms with E-state index in [-0.39, 0.29) is 0 Å². The van der Waals surface area contributed by atoms with E-state index < -0.39 is 0 Å². The molecule has 0 saturated heterocycles. The van der Waals surface area contributed by atoms with Crippen molar-refractivity contribution in [2.24, 2.45) is 5.92 Å². The first-order chi connectivity index (χ1) is 7.79. The van der Waals surface area contributed by atoms with E-state index in [0.29, 0.717) is 19.1 Å². The molecule has 0 N–H and O–H groups in total. The number of hydrogen-bond donors (Lipinski definition) is 0. The van der Waals surface area contributed by atoms with Gasteiger partial charge in [0.05, 0.1) is 19.8 Å². The van der Waals surface area contributed by atoms with Crippen LogP contribution in [0.2, 0.25) is 0 Å². The number of ether oxygens (including phenoxy) is 2. The highest BCUT2D eigenvalue weighted by molar-refractivity contribution is 5.13. The molecule has 2 nitrogen and oxygen atoms in total. The minimum absolute atomic E-state index is 0.598. The molecule has 89 valence electrons. The smallest absolute Gasteiger partial charge is 0.0700 e. The molecule has 0 amide bonds. The normalized spacial score (nSPS) is 10.9. The lowest BCUT2D eigenvalue weighted by Crippen LogP contribution is -2.09. The van der Waals surface area contributed by atoms with Crippen LogP contribution in [0.3, 0.4) is 0 Å². The Balaban J connectivity index is 1.93. The Labute approximate surface area is 98.6 Å². The van der Waals surface area contributed by atoms with E-state index in [1.54, 1.807) is 0 Å². The van der Waals surface area contributed by atoms with Crippen molar-refractivity contribution in [3.63, 3.8) is 0 Å². The summed E-state index contributed by atoms with van der Waals surface area (Å²) in [6, 6.07) is 11.0. The molecule has 0 bridgehead atoms. The fraction of sp³-hybridized carbons (Fsp3) is 0.571. The Hall–Kier alpha value is -0.860. The highest BCUT2D eigenvalue weighted by Crippen LogP contribution is 1.99. The zero-order chi connectivity index (χ0) is 11.6. The quantitative estimate of drug-likeness (QED) is 0.628. The predicted molar refractivity (Wildman–Crippen MR) is 65.5 cm³/mol. The van der Waals surface area contributed by atoms with Crippen molar-refractivity contribution in [1.82, 2.24) is 0 Å². The van der Waals surface area contributed by atoms with Crippen LogP contribution >= 0.6 is 0 Å². The van der Waals surface area contributed by atoms with E-state index in [1.807, 2.05) is 12.1 Å². The third kappa shape index (κ3) is 6.59. The third-order valence-corrected chi connectivity index (χ3v) is 2.15. The topological polar surface area (TPSA) is 18.5 Å². The van der Waals surface area contributed by atoms with Crippen LogP contribution in [-0.4, -0.2) is 26.4 Å². The molecule has 2 heteroatoms. The summed E-state index contributed by atoms with van der Waals surface area (Å²) in [5, 5.41) is 0. The summed E-state index contributed by atoms with van der Waals surface area (Å²) in [5.41, 5.74) is 1.29. The second-order valence-corrected chi connectivity index (χ2v) is 4.24. The van der Waals surface area contributed by atoms with Crippen LogP contribution in [0.15, 0.2) is 24.3 Å². The Morgan fingerprint density at radius 3 is 2.44 bits per heavy atom. The highest BCUT2D eigenvalue weighted by atomic mass is 16.5. The van der Waals surface area contributed by atoms with Crippen LogP contribution in [0.25, 0.3) is 0 Å². The maximum atomic E-state index is 5.48. The van der Waals surface area contributed by atoms with Gasteiger partial charge in [-0.2, -0.15) is 0 Å². The molecule has 0 unspecified atom stereocenters. The zero-order valence-electron chi connectivity index (χ0n) is 10.2. The maximum absolute atomic E-state index is 5.48. The Bertz CT molecular complexity index is 257. The van der Waals surface area contributed by atoms with Crippen molar-refractivity contribution in [3.8, 4) is 0 Å². The second-order valence-electron chi connectivity index (χ2n) is 4.24. The molecule has 1 radical (unpaired) electrons. The van der Waals surface area contributed by atoms with Crippen LogP contribution in [-0.2, 0) is 15.9 Å². The standard InChI is InChI=1S/C14H21O2/c1-13(2)12-16-11-10-15-9-8-14-6-4-3-5-7-14/h4-7,13H,8-12H2,1-2H3. The van der Waals surface area contributed by atoms with Gasteiger partial charge in [-0.3, -0.25) is 0 Å². The fourth-order valence-electron chi connectivity index (χ4n) is 1.32.